The van der Waals surface area contributed by atoms with E-state index in [9.17, 15) is 13.6 Å². The van der Waals surface area contributed by atoms with Crippen LogP contribution in [0.2, 0.25) is 0 Å². The van der Waals surface area contributed by atoms with Crippen molar-refractivity contribution in [2.75, 3.05) is 11.9 Å². The Kier molecular flexibility index (Phi) is 4.00. The van der Waals surface area contributed by atoms with Crippen molar-refractivity contribution in [2.45, 2.75) is 6.92 Å². The Hall–Kier alpha value is -2.09. The van der Waals surface area contributed by atoms with Gasteiger partial charge in [0, 0.05) is 11.8 Å². The van der Waals surface area contributed by atoms with Crippen molar-refractivity contribution < 1.29 is 18.3 Å². The summed E-state index contributed by atoms with van der Waals surface area (Å²) in [5.74, 6) is -1.40. The highest BCUT2D eigenvalue weighted by Crippen LogP contribution is 2.31. The SMILES string of the molecule is CCOC(=O)Nc1sc(-c2cncc(F)c2)nc1F. The summed E-state index contributed by atoms with van der Waals surface area (Å²) in [6.45, 7) is 1.80. The molecule has 100 valence electrons. The van der Waals surface area contributed by atoms with E-state index in [0.29, 0.717) is 5.56 Å². The van der Waals surface area contributed by atoms with Gasteiger partial charge in [-0.15, -0.1) is 0 Å². The Balaban J connectivity index is 2.23. The van der Waals surface area contributed by atoms with Crippen LogP contribution in [0.25, 0.3) is 10.6 Å². The molecule has 8 heteroatoms. The first kappa shape index (κ1) is 13.3. The number of aromatic nitrogens is 2. The van der Waals surface area contributed by atoms with E-state index in [1.807, 2.05) is 0 Å². The van der Waals surface area contributed by atoms with E-state index >= 15 is 0 Å². The zero-order valence-electron chi connectivity index (χ0n) is 9.81. The summed E-state index contributed by atoms with van der Waals surface area (Å²) in [7, 11) is 0. The number of carbonyl (C=O) groups is 1. The average Bonchev–Trinajstić information content (AvgIpc) is 2.71. The van der Waals surface area contributed by atoms with Crippen LogP contribution in [0.1, 0.15) is 6.92 Å². The number of nitrogens with one attached hydrogen (secondary N) is 1. The molecule has 0 aromatic carbocycles. The molecule has 2 aromatic rings. The van der Waals surface area contributed by atoms with Gasteiger partial charge in [0.25, 0.3) is 0 Å². The monoisotopic (exact) mass is 285 g/mol. The Morgan fingerprint density at radius 3 is 2.95 bits per heavy atom. The maximum atomic E-state index is 13.5. The van der Waals surface area contributed by atoms with Crippen LogP contribution in [0.3, 0.4) is 0 Å². The zero-order chi connectivity index (χ0) is 13.8. The minimum absolute atomic E-state index is 0.0855. The summed E-state index contributed by atoms with van der Waals surface area (Å²) in [4.78, 5) is 18.4. The van der Waals surface area contributed by atoms with Crippen LogP contribution in [0.15, 0.2) is 18.5 Å². The Labute approximate surface area is 111 Å². The number of halogens is 2. The van der Waals surface area contributed by atoms with E-state index in [1.54, 1.807) is 6.92 Å². The quantitative estimate of drug-likeness (QED) is 0.941. The van der Waals surface area contributed by atoms with Gasteiger partial charge in [0.1, 0.15) is 10.8 Å². The summed E-state index contributed by atoms with van der Waals surface area (Å²) >= 11 is 0.871. The van der Waals surface area contributed by atoms with Crippen molar-refractivity contribution in [3.63, 3.8) is 0 Å². The van der Waals surface area contributed by atoms with Crippen LogP contribution < -0.4 is 5.32 Å². The Bertz CT molecular complexity index is 603. The van der Waals surface area contributed by atoms with E-state index < -0.39 is 17.9 Å². The third kappa shape index (κ3) is 3.22. The van der Waals surface area contributed by atoms with E-state index in [0.717, 1.165) is 17.5 Å². The van der Waals surface area contributed by atoms with Crippen molar-refractivity contribution in [3.05, 3.63) is 30.2 Å². The number of pyridine rings is 1. The van der Waals surface area contributed by atoms with Crippen molar-refractivity contribution in [1.29, 1.82) is 0 Å². The lowest BCUT2D eigenvalue weighted by Crippen LogP contribution is -2.13. The highest BCUT2D eigenvalue weighted by molar-refractivity contribution is 7.19. The molecule has 1 amide bonds. The van der Waals surface area contributed by atoms with Gasteiger partial charge in [0.2, 0.25) is 5.95 Å². The number of rotatable bonds is 3. The molecular formula is C11H9F2N3O2S. The predicted octanol–water partition coefficient (Wildman–Crippen LogP) is 3.05. The number of ether oxygens (including phenoxy) is 1. The summed E-state index contributed by atoms with van der Waals surface area (Å²) in [5.41, 5.74) is 0.334. The number of hydrogen-bond donors (Lipinski definition) is 1. The second-order valence-electron chi connectivity index (χ2n) is 3.38. The smallest absolute Gasteiger partial charge is 0.412 e. The molecule has 0 aliphatic heterocycles. The van der Waals surface area contributed by atoms with Gasteiger partial charge >= 0.3 is 6.09 Å². The highest BCUT2D eigenvalue weighted by Gasteiger charge is 2.15. The normalized spacial score (nSPS) is 10.3. The zero-order valence-corrected chi connectivity index (χ0v) is 10.6. The minimum Gasteiger partial charge on any atom is -0.450 e. The van der Waals surface area contributed by atoms with Gasteiger partial charge in [-0.05, 0) is 13.0 Å². The first-order valence-electron chi connectivity index (χ1n) is 5.31. The van der Waals surface area contributed by atoms with Gasteiger partial charge < -0.3 is 4.74 Å². The molecular weight excluding hydrogens is 276 g/mol. The van der Waals surface area contributed by atoms with Crippen LogP contribution in [0.4, 0.5) is 18.6 Å². The number of anilines is 1. The van der Waals surface area contributed by atoms with Crippen LogP contribution in [-0.4, -0.2) is 22.7 Å². The molecule has 19 heavy (non-hydrogen) atoms. The molecule has 0 bridgehead atoms. The largest absolute Gasteiger partial charge is 0.450 e. The minimum atomic E-state index is -0.850. The highest BCUT2D eigenvalue weighted by atomic mass is 32.1. The van der Waals surface area contributed by atoms with Gasteiger partial charge in [0.05, 0.1) is 12.8 Å². The van der Waals surface area contributed by atoms with Crippen molar-refractivity contribution in [3.8, 4) is 10.6 Å². The second-order valence-corrected chi connectivity index (χ2v) is 4.38. The molecule has 0 saturated heterocycles. The van der Waals surface area contributed by atoms with E-state index in [-0.39, 0.29) is 16.6 Å². The fraction of sp³-hybridized carbons (Fsp3) is 0.182. The number of hydrogen-bond acceptors (Lipinski definition) is 5. The van der Waals surface area contributed by atoms with E-state index in [2.05, 4.69) is 20.0 Å². The molecule has 0 atom stereocenters. The molecule has 0 saturated carbocycles. The first-order chi connectivity index (χ1) is 9.10. The van der Waals surface area contributed by atoms with Crippen LogP contribution in [-0.2, 0) is 4.74 Å². The van der Waals surface area contributed by atoms with Gasteiger partial charge in [-0.3, -0.25) is 10.3 Å². The summed E-state index contributed by atoms with van der Waals surface area (Å²) in [6.07, 6.45) is 1.62. The lowest BCUT2D eigenvalue weighted by Gasteiger charge is -2.01. The van der Waals surface area contributed by atoms with Crippen LogP contribution >= 0.6 is 11.3 Å². The summed E-state index contributed by atoms with van der Waals surface area (Å²) in [5, 5.41) is 2.35. The molecule has 1 N–H and O–H groups in total. The third-order valence-corrected chi connectivity index (χ3v) is 3.02. The predicted molar refractivity (Wildman–Crippen MR) is 65.9 cm³/mol. The lowest BCUT2D eigenvalue weighted by atomic mass is 10.3. The van der Waals surface area contributed by atoms with Gasteiger partial charge in [-0.25, -0.2) is 14.2 Å². The van der Waals surface area contributed by atoms with E-state index in [4.69, 9.17) is 0 Å². The number of thiazole rings is 1. The molecule has 0 radical (unpaired) electrons. The number of amides is 1. The Morgan fingerprint density at radius 1 is 1.47 bits per heavy atom. The number of nitrogens with zero attached hydrogens (tertiary/aromatic N) is 2. The van der Waals surface area contributed by atoms with Crippen molar-refractivity contribution in [2.24, 2.45) is 0 Å². The van der Waals surface area contributed by atoms with Gasteiger partial charge in [-0.2, -0.15) is 4.39 Å². The molecule has 0 unspecified atom stereocenters. The standard InChI is InChI=1S/C11H9F2N3O2S/c1-2-18-11(17)16-10-8(13)15-9(19-10)6-3-7(12)5-14-4-6/h3-5H,2H2,1H3,(H,16,17). The maximum Gasteiger partial charge on any atom is 0.412 e. The summed E-state index contributed by atoms with van der Waals surface area (Å²) < 4.78 is 31.1. The number of carbonyl (C=O) groups excluding carboxylic acids is 1. The fourth-order valence-corrected chi connectivity index (χ4v) is 2.10. The molecule has 5 nitrogen and oxygen atoms in total. The summed E-state index contributed by atoms with van der Waals surface area (Å²) in [6, 6.07) is 1.18. The first-order valence-corrected chi connectivity index (χ1v) is 6.13. The average molecular weight is 285 g/mol. The molecule has 2 aromatic heterocycles. The molecule has 0 fully saturated rings. The van der Waals surface area contributed by atoms with Crippen molar-refractivity contribution in [1.82, 2.24) is 9.97 Å². The van der Waals surface area contributed by atoms with E-state index in [1.165, 1.54) is 12.3 Å². The molecule has 2 rings (SSSR count). The second kappa shape index (κ2) is 5.70. The fourth-order valence-electron chi connectivity index (χ4n) is 1.29. The van der Waals surface area contributed by atoms with Crippen LogP contribution in [0, 0.1) is 11.8 Å². The molecule has 0 aliphatic rings. The third-order valence-electron chi connectivity index (χ3n) is 2.03. The molecule has 2 heterocycles. The molecule has 0 aliphatic carbocycles. The van der Waals surface area contributed by atoms with Crippen molar-refractivity contribution >= 4 is 22.4 Å². The topological polar surface area (TPSA) is 64.1 Å². The van der Waals surface area contributed by atoms with Gasteiger partial charge in [0.15, 0.2) is 5.00 Å². The van der Waals surface area contributed by atoms with Gasteiger partial charge in [-0.1, -0.05) is 11.3 Å². The lowest BCUT2D eigenvalue weighted by molar-refractivity contribution is 0.168. The van der Waals surface area contributed by atoms with Crippen LogP contribution in [0.5, 0.6) is 0 Å². The molecule has 0 spiro atoms. The Morgan fingerprint density at radius 2 is 2.26 bits per heavy atom. The maximum absolute atomic E-state index is 13.5.